The Morgan fingerprint density at radius 3 is 2.70 bits per heavy atom. The number of hydrogen-bond donors (Lipinski definition) is 1. The molecular formula is C22H28N2O3. The van der Waals surface area contributed by atoms with Gasteiger partial charge in [-0.3, -0.25) is 4.79 Å². The second-order valence-corrected chi connectivity index (χ2v) is 7.28. The van der Waals surface area contributed by atoms with Gasteiger partial charge in [0.1, 0.15) is 17.6 Å². The summed E-state index contributed by atoms with van der Waals surface area (Å²) in [6.45, 7) is 2.47. The zero-order valence-electron chi connectivity index (χ0n) is 16.5. The van der Waals surface area contributed by atoms with E-state index < -0.39 is 0 Å². The molecule has 27 heavy (non-hydrogen) atoms. The third-order valence-electron chi connectivity index (χ3n) is 4.96. The topological polar surface area (TPSA) is 50.8 Å². The molecule has 0 spiro atoms. The van der Waals surface area contributed by atoms with Crippen LogP contribution in [0.25, 0.3) is 0 Å². The first-order valence-corrected chi connectivity index (χ1v) is 9.32. The lowest BCUT2D eigenvalue weighted by Gasteiger charge is -2.24. The highest BCUT2D eigenvalue weighted by Gasteiger charge is 2.22. The summed E-state index contributed by atoms with van der Waals surface area (Å²) < 4.78 is 11.3. The number of carbonyl (C=O) groups excluding carboxylic acids is 1. The van der Waals surface area contributed by atoms with Gasteiger partial charge in [-0.25, -0.2) is 0 Å². The van der Waals surface area contributed by atoms with Gasteiger partial charge in [-0.15, -0.1) is 0 Å². The number of hydrogen-bond acceptors (Lipinski definition) is 4. The van der Waals surface area contributed by atoms with Gasteiger partial charge in [0.2, 0.25) is 5.91 Å². The Hall–Kier alpha value is -2.53. The number of ether oxygens (including phenoxy) is 2. The van der Waals surface area contributed by atoms with Crippen LogP contribution >= 0.6 is 0 Å². The van der Waals surface area contributed by atoms with E-state index in [2.05, 4.69) is 29.3 Å². The summed E-state index contributed by atoms with van der Waals surface area (Å²) >= 11 is 0. The summed E-state index contributed by atoms with van der Waals surface area (Å²) in [5, 5.41) is 3.03. The number of methoxy groups -OCH3 is 1. The molecule has 0 aliphatic carbocycles. The lowest BCUT2D eigenvalue weighted by Crippen LogP contribution is -2.29. The van der Waals surface area contributed by atoms with Crippen molar-refractivity contribution in [1.29, 1.82) is 0 Å². The molecule has 1 N–H and O–H groups in total. The number of rotatable bonds is 7. The van der Waals surface area contributed by atoms with Gasteiger partial charge in [0, 0.05) is 36.6 Å². The van der Waals surface area contributed by atoms with Crippen LogP contribution in [0.3, 0.4) is 0 Å². The van der Waals surface area contributed by atoms with Crippen molar-refractivity contribution in [2.45, 2.75) is 38.5 Å². The highest BCUT2D eigenvalue weighted by Crippen LogP contribution is 2.35. The Morgan fingerprint density at radius 2 is 2.04 bits per heavy atom. The number of carbonyl (C=O) groups is 1. The summed E-state index contributed by atoms with van der Waals surface area (Å²) in [5.41, 5.74) is 3.22. The fraction of sp³-hybridized carbons (Fsp3) is 0.409. The molecule has 0 radical (unpaired) electrons. The van der Waals surface area contributed by atoms with Crippen molar-refractivity contribution >= 4 is 5.91 Å². The fourth-order valence-corrected chi connectivity index (χ4v) is 3.52. The summed E-state index contributed by atoms with van der Waals surface area (Å²) in [5.74, 6) is 1.69. The highest BCUT2D eigenvalue weighted by molar-refractivity contribution is 5.77. The van der Waals surface area contributed by atoms with Crippen molar-refractivity contribution in [3.8, 4) is 11.5 Å². The second kappa shape index (κ2) is 8.44. The lowest BCUT2D eigenvalue weighted by molar-refractivity contribution is -0.122. The molecule has 144 valence electrons. The van der Waals surface area contributed by atoms with E-state index in [1.165, 1.54) is 0 Å². The fourth-order valence-electron chi connectivity index (χ4n) is 3.52. The van der Waals surface area contributed by atoms with E-state index in [0.29, 0.717) is 13.0 Å². The molecule has 0 bridgehead atoms. The molecule has 0 saturated heterocycles. The number of fused-ring (bicyclic) bond motifs is 1. The summed E-state index contributed by atoms with van der Waals surface area (Å²) in [6, 6.07) is 14.1. The van der Waals surface area contributed by atoms with Crippen LogP contribution in [0.15, 0.2) is 42.5 Å². The van der Waals surface area contributed by atoms with Crippen LogP contribution in [-0.2, 0) is 17.8 Å². The average molecular weight is 368 g/mol. The van der Waals surface area contributed by atoms with Crippen molar-refractivity contribution in [3.05, 3.63) is 59.2 Å². The predicted molar refractivity (Wildman–Crippen MR) is 106 cm³/mol. The van der Waals surface area contributed by atoms with E-state index in [1.54, 1.807) is 7.11 Å². The lowest BCUT2D eigenvalue weighted by atomic mass is 10.0. The zero-order chi connectivity index (χ0) is 19.4. The van der Waals surface area contributed by atoms with Gasteiger partial charge in [-0.1, -0.05) is 30.3 Å². The maximum atomic E-state index is 12.6. The molecule has 1 aliphatic rings. The van der Waals surface area contributed by atoms with Gasteiger partial charge < -0.3 is 19.7 Å². The third-order valence-corrected chi connectivity index (χ3v) is 4.96. The molecule has 5 nitrogen and oxygen atoms in total. The summed E-state index contributed by atoms with van der Waals surface area (Å²) in [6.07, 6.45) is 1.47. The molecule has 2 aromatic carbocycles. The molecule has 0 saturated carbocycles. The van der Waals surface area contributed by atoms with Crippen molar-refractivity contribution < 1.29 is 14.3 Å². The van der Waals surface area contributed by atoms with E-state index in [9.17, 15) is 4.79 Å². The molecule has 0 fully saturated rings. The largest absolute Gasteiger partial charge is 0.496 e. The van der Waals surface area contributed by atoms with Gasteiger partial charge in [0.25, 0.3) is 0 Å². The zero-order valence-corrected chi connectivity index (χ0v) is 16.5. The Morgan fingerprint density at radius 1 is 1.30 bits per heavy atom. The first-order valence-electron chi connectivity index (χ1n) is 9.32. The Labute approximate surface area is 161 Å². The van der Waals surface area contributed by atoms with Gasteiger partial charge in [-0.05, 0) is 38.7 Å². The maximum Gasteiger partial charge on any atom is 0.222 e. The first kappa shape index (κ1) is 19.2. The number of amides is 1. The standard InChI is InChI=1S/C22H28N2O3/c1-15-10-17-11-20(26-4)18(12-21(17)27-15)14-23-22(25)13-19(24(2)3)16-8-6-5-7-9-16/h5-9,11-12,15,19H,10,13-14H2,1-4H3,(H,23,25). The second-order valence-electron chi connectivity index (χ2n) is 7.28. The molecule has 5 heteroatoms. The quantitative estimate of drug-likeness (QED) is 0.814. The third kappa shape index (κ3) is 4.61. The molecule has 2 aromatic rings. The Balaban J connectivity index is 1.66. The van der Waals surface area contributed by atoms with Gasteiger partial charge in [-0.2, -0.15) is 0 Å². The van der Waals surface area contributed by atoms with Crippen LogP contribution in [-0.4, -0.2) is 38.1 Å². The number of nitrogens with zero attached hydrogens (tertiary/aromatic N) is 1. The maximum absolute atomic E-state index is 12.6. The van der Waals surface area contributed by atoms with Crippen molar-refractivity contribution in [2.75, 3.05) is 21.2 Å². The minimum absolute atomic E-state index is 0.00870. The summed E-state index contributed by atoms with van der Waals surface area (Å²) in [7, 11) is 5.64. The molecule has 3 rings (SSSR count). The van der Waals surface area contributed by atoms with Gasteiger partial charge >= 0.3 is 0 Å². The smallest absolute Gasteiger partial charge is 0.222 e. The molecule has 1 amide bonds. The minimum atomic E-state index is 0.00870. The van der Waals surface area contributed by atoms with Crippen LogP contribution in [0.4, 0.5) is 0 Å². The minimum Gasteiger partial charge on any atom is -0.496 e. The molecule has 2 atom stereocenters. The highest BCUT2D eigenvalue weighted by atomic mass is 16.5. The average Bonchev–Trinajstić information content (AvgIpc) is 3.02. The van der Waals surface area contributed by atoms with Crippen LogP contribution in [0.1, 0.15) is 36.1 Å². The van der Waals surface area contributed by atoms with Crippen LogP contribution in [0.5, 0.6) is 11.5 Å². The number of nitrogens with one attached hydrogen (secondary N) is 1. The monoisotopic (exact) mass is 368 g/mol. The molecular weight excluding hydrogens is 340 g/mol. The summed E-state index contributed by atoms with van der Waals surface area (Å²) in [4.78, 5) is 14.6. The van der Waals surface area contributed by atoms with Crippen molar-refractivity contribution in [2.24, 2.45) is 0 Å². The number of benzene rings is 2. The van der Waals surface area contributed by atoms with Crippen LogP contribution < -0.4 is 14.8 Å². The Kier molecular flexibility index (Phi) is 6.01. The van der Waals surface area contributed by atoms with Gasteiger partial charge in [0.05, 0.1) is 7.11 Å². The van der Waals surface area contributed by atoms with Gasteiger partial charge in [0.15, 0.2) is 0 Å². The van der Waals surface area contributed by atoms with E-state index in [1.807, 2.05) is 44.4 Å². The van der Waals surface area contributed by atoms with Crippen molar-refractivity contribution in [1.82, 2.24) is 10.2 Å². The Bertz CT molecular complexity index is 790. The van der Waals surface area contributed by atoms with E-state index >= 15 is 0 Å². The first-order chi connectivity index (χ1) is 13.0. The van der Waals surface area contributed by atoms with Crippen molar-refractivity contribution in [3.63, 3.8) is 0 Å². The molecule has 1 aliphatic heterocycles. The molecule has 2 unspecified atom stereocenters. The molecule has 0 aromatic heterocycles. The van der Waals surface area contributed by atoms with E-state index in [-0.39, 0.29) is 18.1 Å². The predicted octanol–water partition coefficient (Wildman–Crippen LogP) is 3.33. The van der Waals surface area contributed by atoms with Crippen LogP contribution in [0.2, 0.25) is 0 Å². The van der Waals surface area contributed by atoms with Crippen LogP contribution in [0, 0.1) is 0 Å². The molecule has 1 heterocycles. The normalized spacial score (nSPS) is 16.6. The van der Waals surface area contributed by atoms with E-state index in [0.717, 1.165) is 34.6 Å². The van der Waals surface area contributed by atoms with E-state index in [4.69, 9.17) is 9.47 Å². The SMILES string of the molecule is COc1cc2c(cc1CNC(=O)CC(c1ccccc1)N(C)C)OC(C)C2.